The quantitative estimate of drug-likeness (QED) is 0.846. The topological polar surface area (TPSA) is 49.3 Å². The molecule has 0 radical (unpaired) electrons. The van der Waals surface area contributed by atoms with Crippen LogP contribution in [-0.4, -0.2) is 40.0 Å². The summed E-state index contributed by atoms with van der Waals surface area (Å²) in [5.74, 6) is -0.836. The molecule has 2 amide bonds. The molecule has 24 heavy (non-hydrogen) atoms. The fraction of sp³-hybridized carbons (Fsp3) is 0.353. The molecule has 0 spiro atoms. The lowest BCUT2D eigenvalue weighted by Crippen LogP contribution is -2.58. The van der Waals surface area contributed by atoms with Gasteiger partial charge in [0.25, 0.3) is 0 Å². The molecule has 5 nitrogen and oxygen atoms in total. The van der Waals surface area contributed by atoms with Crippen molar-refractivity contribution in [3.63, 3.8) is 0 Å². The van der Waals surface area contributed by atoms with E-state index in [0.717, 1.165) is 24.6 Å². The number of rotatable bonds is 2. The van der Waals surface area contributed by atoms with Crippen LogP contribution >= 0.6 is 0 Å². The van der Waals surface area contributed by atoms with Gasteiger partial charge in [-0.1, -0.05) is 0 Å². The number of benzene rings is 1. The van der Waals surface area contributed by atoms with Crippen molar-refractivity contribution in [1.82, 2.24) is 14.9 Å². The van der Waals surface area contributed by atoms with Gasteiger partial charge in [-0.2, -0.15) is 0 Å². The molecule has 0 N–H and O–H groups in total. The second-order valence-electron chi connectivity index (χ2n) is 6.45. The second-order valence-corrected chi connectivity index (χ2v) is 6.45. The minimum Gasteiger partial charge on any atom is -0.322 e. The average Bonchev–Trinajstić information content (AvgIpc) is 2.56. The van der Waals surface area contributed by atoms with E-state index >= 15 is 0 Å². The van der Waals surface area contributed by atoms with Crippen LogP contribution in [0.5, 0.6) is 0 Å². The third-order valence-corrected chi connectivity index (χ3v) is 4.49. The van der Waals surface area contributed by atoms with Gasteiger partial charge in [-0.25, -0.2) is 23.5 Å². The first-order chi connectivity index (χ1) is 11.3. The van der Waals surface area contributed by atoms with Crippen LogP contribution in [0.25, 0.3) is 11.1 Å². The Balaban J connectivity index is 1.88. The monoisotopic (exact) mass is 332 g/mol. The number of aromatic nitrogens is 2. The smallest absolute Gasteiger partial charge is 0.322 e. The normalized spacial score (nSPS) is 17.3. The highest BCUT2D eigenvalue weighted by Gasteiger charge is 2.37. The van der Waals surface area contributed by atoms with Gasteiger partial charge in [0.2, 0.25) is 5.95 Å². The number of urea groups is 1. The maximum absolute atomic E-state index is 13.8. The van der Waals surface area contributed by atoms with Crippen LogP contribution in [0.2, 0.25) is 0 Å². The Morgan fingerprint density at radius 2 is 1.83 bits per heavy atom. The summed E-state index contributed by atoms with van der Waals surface area (Å²) in [7, 11) is 1.74. The van der Waals surface area contributed by atoms with Crippen molar-refractivity contribution < 1.29 is 13.6 Å². The van der Waals surface area contributed by atoms with Crippen LogP contribution < -0.4 is 4.90 Å². The number of nitrogens with zero attached hydrogens (tertiary/aromatic N) is 4. The summed E-state index contributed by atoms with van der Waals surface area (Å²) < 4.78 is 27.1. The molecule has 0 saturated carbocycles. The van der Waals surface area contributed by atoms with Gasteiger partial charge in [-0.05, 0) is 38.5 Å². The zero-order chi connectivity index (χ0) is 17.5. The molecule has 1 aliphatic heterocycles. The minimum atomic E-state index is -0.553. The molecule has 1 saturated heterocycles. The highest BCUT2D eigenvalue weighted by atomic mass is 19.1. The highest BCUT2D eigenvalue weighted by Crippen LogP contribution is 2.28. The van der Waals surface area contributed by atoms with E-state index in [1.165, 1.54) is 17.3 Å². The van der Waals surface area contributed by atoms with Crippen molar-refractivity contribution in [3.05, 3.63) is 42.2 Å². The third kappa shape index (κ3) is 2.81. The van der Waals surface area contributed by atoms with Crippen LogP contribution in [0.4, 0.5) is 19.5 Å². The molecule has 0 bridgehead atoms. The molecule has 1 fully saturated rings. The molecule has 1 aliphatic rings. The molecule has 2 heterocycles. The Morgan fingerprint density at radius 3 is 2.50 bits per heavy atom. The summed E-state index contributed by atoms with van der Waals surface area (Å²) in [6, 6.07) is 3.02. The van der Waals surface area contributed by atoms with Gasteiger partial charge in [0.1, 0.15) is 11.6 Å². The Bertz CT molecular complexity index is 777. The van der Waals surface area contributed by atoms with Crippen LogP contribution in [0.15, 0.2) is 30.6 Å². The molecule has 7 heteroatoms. The average molecular weight is 332 g/mol. The molecule has 0 atom stereocenters. The number of carbonyl (C=O) groups is 1. The number of halogens is 2. The van der Waals surface area contributed by atoms with E-state index < -0.39 is 11.6 Å². The highest BCUT2D eigenvalue weighted by molar-refractivity contribution is 5.91. The van der Waals surface area contributed by atoms with Gasteiger partial charge in [-0.3, -0.25) is 4.90 Å². The first-order valence-electron chi connectivity index (χ1n) is 7.62. The molecule has 3 rings (SSSR count). The van der Waals surface area contributed by atoms with Crippen molar-refractivity contribution in [1.29, 1.82) is 0 Å². The Labute approximate surface area is 138 Å². The molecule has 0 aliphatic carbocycles. The fourth-order valence-electron chi connectivity index (χ4n) is 2.59. The predicted octanol–water partition coefficient (Wildman–Crippen LogP) is 3.46. The molecule has 2 aromatic rings. The number of carbonyl (C=O) groups excluding carboxylic acids is 1. The summed E-state index contributed by atoms with van der Waals surface area (Å²) >= 11 is 0. The third-order valence-electron chi connectivity index (χ3n) is 4.49. The fourth-order valence-corrected chi connectivity index (χ4v) is 2.59. The van der Waals surface area contributed by atoms with Gasteiger partial charge < -0.3 is 4.90 Å². The van der Waals surface area contributed by atoms with Gasteiger partial charge in [-0.15, -0.1) is 0 Å². The van der Waals surface area contributed by atoms with Crippen LogP contribution in [0, 0.1) is 11.6 Å². The molecule has 126 valence electrons. The van der Waals surface area contributed by atoms with Crippen molar-refractivity contribution in [2.45, 2.75) is 25.8 Å². The van der Waals surface area contributed by atoms with E-state index in [1.807, 2.05) is 13.8 Å². The Hall–Kier alpha value is -2.57. The van der Waals surface area contributed by atoms with E-state index in [1.54, 1.807) is 11.9 Å². The van der Waals surface area contributed by atoms with Crippen molar-refractivity contribution in [2.75, 3.05) is 18.5 Å². The van der Waals surface area contributed by atoms with Gasteiger partial charge in [0.05, 0.1) is 0 Å². The summed E-state index contributed by atoms with van der Waals surface area (Å²) in [6.45, 7) is 4.50. The molecular weight excluding hydrogens is 314 g/mol. The summed E-state index contributed by atoms with van der Waals surface area (Å²) in [6.07, 6.45) is 3.57. The lowest BCUT2D eigenvalue weighted by atomic mass is 9.96. The molecular formula is C17H18F2N4O. The van der Waals surface area contributed by atoms with Gasteiger partial charge in [0, 0.05) is 42.7 Å². The zero-order valence-electron chi connectivity index (χ0n) is 13.8. The van der Waals surface area contributed by atoms with Gasteiger partial charge >= 0.3 is 6.03 Å². The number of hydrogen-bond acceptors (Lipinski definition) is 3. The van der Waals surface area contributed by atoms with Crippen molar-refractivity contribution >= 4 is 12.0 Å². The van der Waals surface area contributed by atoms with Crippen LogP contribution in [-0.2, 0) is 0 Å². The predicted molar refractivity (Wildman–Crippen MR) is 86.6 cm³/mol. The Kier molecular flexibility index (Phi) is 3.95. The number of anilines is 1. The van der Waals surface area contributed by atoms with Crippen LogP contribution in [0.3, 0.4) is 0 Å². The Morgan fingerprint density at radius 1 is 1.17 bits per heavy atom. The maximum Gasteiger partial charge on any atom is 0.327 e. The van der Waals surface area contributed by atoms with E-state index in [4.69, 9.17) is 0 Å². The zero-order valence-corrected chi connectivity index (χ0v) is 13.8. The van der Waals surface area contributed by atoms with E-state index in [0.29, 0.717) is 12.1 Å². The lowest BCUT2D eigenvalue weighted by molar-refractivity contribution is 0.140. The summed E-state index contributed by atoms with van der Waals surface area (Å²) in [5, 5.41) is 0. The summed E-state index contributed by atoms with van der Waals surface area (Å²) in [4.78, 5) is 23.9. The van der Waals surface area contributed by atoms with E-state index in [9.17, 15) is 13.6 Å². The first-order valence-corrected chi connectivity index (χ1v) is 7.62. The van der Waals surface area contributed by atoms with E-state index in [2.05, 4.69) is 9.97 Å². The molecule has 0 unspecified atom stereocenters. The maximum atomic E-state index is 13.8. The number of amides is 2. The molecule has 1 aromatic heterocycles. The lowest BCUT2D eigenvalue weighted by Gasteiger charge is -2.43. The van der Waals surface area contributed by atoms with Crippen LogP contribution in [0.1, 0.15) is 20.3 Å². The standard InChI is InChI=1S/C17H18F2N4O/c1-17(2)6-7-23(16(24)22(17)3)15-20-9-11(10-21-15)13-8-12(18)4-5-14(13)19/h4-5,8-10H,6-7H2,1-3H3. The van der Waals surface area contributed by atoms with Crippen molar-refractivity contribution in [2.24, 2.45) is 0 Å². The van der Waals surface area contributed by atoms with Crippen molar-refractivity contribution in [3.8, 4) is 11.1 Å². The molecule has 1 aromatic carbocycles. The largest absolute Gasteiger partial charge is 0.327 e. The first kappa shape index (κ1) is 16.3. The van der Waals surface area contributed by atoms with Gasteiger partial charge in [0.15, 0.2) is 0 Å². The SMILES string of the molecule is CN1C(=O)N(c2ncc(-c3cc(F)ccc3F)cn2)CCC1(C)C. The minimum absolute atomic E-state index is 0.0878. The summed E-state index contributed by atoms with van der Waals surface area (Å²) in [5.41, 5.74) is 0.219. The number of hydrogen-bond donors (Lipinski definition) is 0. The van der Waals surface area contributed by atoms with E-state index in [-0.39, 0.29) is 23.1 Å². The second kappa shape index (κ2) is 5.81.